The number of hydrogen-bond donors (Lipinski definition) is 1. The number of nitrogens with one attached hydrogen (secondary N) is 1. The molecule has 1 atom stereocenters. The summed E-state index contributed by atoms with van der Waals surface area (Å²) in [6, 6.07) is 0. The van der Waals surface area contributed by atoms with Crippen LogP contribution < -0.4 is 5.32 Å². The molecule has 1 N–H and O–H groups in total. The minimum absolute atomic E-state index is 0.750. The maximum atomic E-state index is 4.21. The molecule has 1 aliphatic rings. The molecule has 3 heteroatoms. The van der Waals surface area contributed by atoms with E-state index in [0.29, 0.717) is 0 Å². The van der Waals surface area contributed by atoms with E-state index < -0.39 is 0 Å². The summed E-state index contributed by atoms with van der Waals surface area (Å²) < 4.78 is 0. The Morgan fingerprint density at radius 1 is 1.43 bits per heavy atom. The Balaban J connectivity index is 1.82. The SMILES string of the molecule is Cc1cnc(NCC(C)C2CC2)nc1. The first-order chi connectivity index (χ1) is 6.75. The van der Waals surface area contributed by atoms with Crippen LogP contribution in [0.5, 0.6) is 0 Å². The average molecular weight is 191 g/mol. The van der Waals surface area contributed by atoms with Gasteiger partial charge in [-0.05, 0) is 37.2 Å². The normalized spacial score (nSPS) is 17.9. The smallest absolute Gasteiger partial charge is 0.222 e. The van der Waals surface area contributed by atoms with Gasteiger partial charge in [-0.2, -0.15) is 0 Å². The fourth-order valence-electron chi connectivity index (χ4n) is 1.57. The summed E-state index contributed by atoms with van der Waals surface area (Å²) in [5.74, 6) is 2.44. The fourth-order valence-corrected chi connectivity index (χ4v) is 1.57. The predicted octanol–water partition coefficient (Wildman–Crippen LogP) is 2.24. The largest absolute Gasteiger partial charge is 0.354 e. The van der Waals surface area contributed by atoms with Crippen molar-refractivity contribution in [1.82, 2.24) is 9.97 Å². The van der Waals surface area contributed by atoms with E-state index in [1.54, 1.807) is 0 Å². The van der Waals surface area contributed by atoms with Gasteiger partial charge in [0.2, 0.25) is 5.95 Å². The summed E-state index contributed by atoms with van der Waals surface area (Å²) >= 11 is 0. The molecule has 0 saturated heterocycles. The van der Waals surface area contributed by atoms with Crippen molar-refractivity contribution in [3.63, 3.8) is 0 Å². The third kappa shape index (κ3) is 2.44. The van der Waals surface area contributed by atoms with Crippen LogP contribution in [0.2, 0.25) is 0 Å². The van der Waals surface area contributed by atoms with Gasteiger partial charge in [-0.3, -0.25) is 0 Å². The minimum Gasteiger partial charge on any atom is -0.354 e. The first kappa shape index (κ1) is 9.44. The van der Waals surface area contributed by atoms with Gasteiger partial charge in [0.1, 0.15) is 0 Å². The number of rotatable bonds is 4. The maximum Gasteiger partial charge on any atom is 0.222 e. The highest BCUT2D eigenvalue weighted by Crippen LogP contribution is 2.36. The lowest BCUT2D eigenvalue weighted by Crippen LogP contribution is -2.14. The van der Waals surface area contributed by atoms with E-state index in [2.05, 4.69) is 22.2 Å². The zero-order valence-corrected chi connectivity index (χ0v) is 8.83. The van der Waals surface area contributed by atoms with Crippen molar-refractivity contribution in [3.05, 3.63) is 18.0 Å². The fraction of sp³-hybridized carbons (Fsp3) is 0.636. The Labute approximate surface area is 85.0 Å². The van der Waals surface area contributed by atoms with E-state index in [-0.39, 0.29) is 0 Å². The lowest BCUT2D eigenvalue weighted by Gasteiger charge is -2.10. The van der Waals surface area contributed by atoms with E-state index >= 15 is 0 Å². The average Bonchev–Trinajstić information content (AvgIpc) is 3.00. The number of hydrogen-bond acceptors (Lipinski definition) is 3. The Bertz CT molecular complexity index is 290. The highest BCUT2D eigenvalue weighted by Gasteiger charge is 2.27. The van der Waals surface area contributed by atoms with Gasteiger partial charge in [0.25, 0.3) is 0 Å². The van der Waals surface area contributed by atoms with Gasteiger partial charge in [-0.15, -0.1) is 0 Å². The number of aromatic nitrogens is 2. The summed E-state index contributed by atoms with van der Waals surface area (Å²) in [5.41, 5.74) is 1.10. The zero-order valence-electron chi connectivity index (χ0n) is 8.83. The standard InChI is InChI=1S/C11H17N3/c1-8-5-12-11(13-6-8)14-7-9(2)10-3-4-10/h5-6,9-10H,3-4,7H2,1-2H3,(H,12,13,14). The Morgan fingerprint density at radius 3 is 2.64 bits per heavy atom. The first-order valence-corrected chi connectivity index (χ1v) is 5.28. The van der Waals surface area contributed by atoms with Gasteiger partial charge in [-0.25, -0.2) is 9.97 Å². The summed E-state index contributed by atoms with van der Waals surface area (Å²) in [5, 5.41) is 3.27. The summed E-state index contributed by atoms with van der Waals surface area (Å²) in [7, 11) is 0. The molecule has 0 radical (unpaired) electrons. The molecule has 1 saturated carbocycles. The van der Waals surface area contributed by atoms with Crippen LogP contribution in [-0.4, -0.2) is 16.5 Å². The molecule has 3 nitrogen and oxygen atoms in total. The van der Waals surface area contributed by atoms with E-state index in [1.807, 2.05) is 19.3 Å². The molecule has 76 valence electrons. The van der Waals surface area contributed by atoms with Crippen LogP contribution in [0.4, 0.5) is 5.95 Å². The van der Waals surface area contributed by atoms with Crippen molar-refractivity contribution < 1.29 is 0 Å². The second-order valence-corrected chi connectivity index (χ2v) is 4.28. The molecule has 0 bridgehead atoms. The quantitative estimate of drug-likeness (QED) is 0.793. The van der Waals surface area contributed by atoms with Crippen LogP contribution in [-0.2, 0) is 0 Å². The zero-order chi connectivity index (χ0) is 9.97. The predicted molar refractivity (Wildman–Crippen MR) is 57.1 cm³/mol. The molecular formula is C11H17N3. The molecule has 1 fully saturated rings. The lowest BCUT2D eigenvalue weighted by atomic mass is 10.1. The van der Waals surface area contributed by atoms with Crippen LogP contribution in [0.25, 0.3) is 0 Å². The van der Waals surface area contributed by atoms with Gasteiger partial charge < -0.3 is 5.32 Å². The Hall–Kier alpha value is -1.12. The van der Waals surface area contributed by atoms with E-state index in [4.69, 9.17) is 0 Å². The molecule has 1 aliphatic carbocycles. The van der Waals surface area contributed by atoms with E-state index in [9.17, 15) is 0 Å². The van der Waals surface area contributed by atoms with E-state index in [0.717, 1.165) is 29.9 Å². The molecule has 0 amide bonds. The van der Waals surface area contributed by atoms with Crippen molar-refractivity contribution in [3.8, 4) is 0 Å². The van der Waals surface area contributed by atoms with Crippen LogP contribution in [0.15, 0.2) is 12.4 Å². The highest BCUT2D eigenvalue weighted by atomic mass is 15.1. The van der Waals surface area contributed by atoms with Crippen molar-refractivity contribution in [1.29, 1.82) is 0 Å². The monoisotopic (exact) mass is 191 g/mol. The third-order valence-electron chi connectivity index (χ3n) is 2.79. The molecule has 1 aromatic rings. The molecule has 0 aromatic carbocycles. The molecule has 0 aliphatic heterocycles. The van der Waals surface area contributed by atoms with Crippen LogP contribution in [0.3, 0.4) is 0 Å². The van der Waals surface area contributed by atoms with Gasteiger partial charge in [-0.1, -0.05) is 6.92 Å². The molecule has 1 unspecified atom stereocenters. The van der Waals surface area contributed by atoms with Gasteiger partial charge in [0.05, 0.1) is 0 Å². The van der Waals surface area contributed by atoms with Crippen LogP contribution >= 0.6 is 0 Å². The third-order valence-corrected chi connectivity index (χ3v) is 2.79. The molecule has 0 spiro atoms. The van der Waals surface area contributed by atoms with Gasteiger partial charge in [0, 0.05) is 18.9 Å². The van der Waals surface area contributed by atoms with E-state index in [1.165, 1.54) is 12.8 Å². The molecule has 1 heterocycles. The van der Waals surface area contributed by atoms with Gasteiger partial charge >= 0.3 is 0 Å². The van der Waals surface area contributed by atoms with Crippen molar-refractivity contribution >= 4 is 5.95 Å². The molecule has 2 rings (SSSR count). The Kier molecular flexibility index (Phi) is 2.66. The van der Waals surface area contributed by atoms with Crippen LogP contribution in [0, 0.1) is 18.8 Å². The lowest BCUT2D eigenvalue weighted by molar-refractivity contribution is 0.535. The summed E-state index contributed by atoms with van der Waals surface area (Å²) in [6.07, 6.45) is 6.49. The van der Waals surface area contributed by atoms with Crippen LogP contribution in [0.1, 0.15) is 25.3 Å². The minimum atomic E-state index is 0.750. The van der Waals surface area contributed by atoms with Crippen molar-refractivity contribution in [2.45, 2.75) is 26.7 Å². The number of nitrogens with zero attached hydrogens (tertiary/aromatic N) is 2. The second kappa shape index (κ2) is 3.95. The molecule has 1 aromatic heterocycles. The molecule has 14 heavy (non-hydrogen) atoms. The summed E-state index contributed by atoms with van der Waals surface area (Å²) in [4.78, 5) is 8.42. The van der Waals surface area contributed by atoms with Gasteiger partial charge in [0.15, 0.2) is 0 Å². The second-order valence-electron chi connectivity index (χ2n) is 4.28. The topological polar surface area (TPSA) is 37.8 Å². The molecular weight excluding hydrogens is 174 g/mol. The summed E-state index contributed by atoms with van der Waals surface area (Å²) in [6.45, 7) is 5.28. The number of aryl methyl sites for hydroxylation is 1. The number of anilines is 1. The maximum absolute atomic E-state index is 4.21. The Morgan fingerprint density at radius 2 is 2.07 bits per heavy atom. The van der Waals surface area contributed by atoms with Crippen molar-refractivity contribution in [2.24, 2.45) is 11.8 Å². The highest BCUT2D eigenvalue weighted by molar-refractivity contribution is 5.24. The first-order valence-electron chi connectivity index (χ1n) is 5.28. The van der Waals surface area contributed by atoms with Crippen molar-refractivity contribution in [2.75, 3.05) is 11.9 Å².